The Kier molecular flexibility index (Phi) is 4.11. The Morgan fingerprint density at radius 3 is 2.76 bits per heavy atom. The van der Waals surface area contributed by atoms with E-state index in [1.165, 1.54) is 6.20 Å². The maximum Gasteiger partial charge on any atom is 0.146 e. The summed E-state index contributed by atoms with van der Waals surface area (Å²) < 4.78 is 0. The second kappa shape index (κ2) is 5.35. The zero-order chi connectivity index (χ0) is 13.0. The van der Waals surface area contributed by atoms with Gasteiger partial charge in [-0.3, -0.25) is 0 Å². The Labute approximate surface area is 97.5 Å². The lowest BCUT2D eigenvalue weighted by atomic mass is 10.0. The molecule has 2 unspecified atom stereocenters. The van der Waals surface area contributed by atoms with Gasteiger partial charge in [-0.1, -0.05) is 5.11 Å². The van der Waals surface area contributed by atoms with E-state index >= 15 is 0 Å². The van der Waals surface area contributed by atoms with E-state index in [4.69, 9.17) is 17.0 Å². The van der Waals surface area contributed by atoms with Crippen LogP contribution >= 0.6 is 0 Å². The standard InChI is InChI=1S/C9H14N6O2/c1-4-5(2-13-9(11)7(4)10)8(17)6(16)3-14-15-12/h2,6,8,16-17H,3,10H2,1H3,(H2,11,13). The summed E-state index contributed by atoms with van der Waals surface area (Å²) in [4.78, 5) is 6.30. The summed E-state index contributed by atoms with van der Waals surface area (Å²) in [6.45, 7) is 1.42. The van der Waals surface area contributed by atoms with Gasteiger partial charge in [0.25, 0.3) is 0 Å². The number of aromatic nitrogens is 1. The Morgan fingerprint density at radius 1 is 1.53 bits per heavy atom. The fourth-order valence-electron chi connectivity index (χ4n) is 1.38. The van der Waals surface area contributed by atoms with Gasteiger partial charge in [-0.05, 0) is 18.0 Å². The van der Waals surface area contributed by atoms with Gasteiger partial charge in [-0.2, -0.15) is 0 Å². The molecule has 0 aliphatic carbocycles. The number of pyridine rings is 1. The quantitative estimate of drug-likeness (QED) is 0.336. The predicted molar refractivity (Wildman–Crippen MR) is 62.8 cm³/mol. The van der Waals surface area contributed by atoms with Gasteiger partial charge in [-0.15, -0.1) is 0 Å². The minimum Gasteiger partial charge on any atom is -0.396 e. The van der Waals surface area contributed by atoms with Crippen molar-refractivity contribution in [3.63, 3.8) is 0 Å². The molecule has 2 atom stereocenters. The van der Waals surface area contributed by atoms with Crippen molar-refractivity contribution < 1.29 is 10.2 Å². The number of hydrogen-bond donors (Lipinski definition) is 4. The second-order valence-corrected chi connectivity index (χ2v) is 3.56. The molecule has 0 radical (unpaired) electrons. The number of azide groups is 1. The molecular weight excluding hydrogens is 224 g/mol. The Bertz CT molecular complexity index is 457. The Morgan fingerprint density at radius 2 is 2.18 bits per heavy atom. The molecule has 6 N–H and O–H groups in total. The summed E-state index contributed by atoms with van der Waals surface area (Å²) in [5.41, 5.74) is 20.4. The number of rotatable bonds is 4. The van der Waals surface area contributed by atoms with Crippen molar-refractivity contribution in [2.45, 2.75) is 19.1 Å². The first-order chi connectivity index (χ1) is 7.99. The third-order valence-corrected chi connectivity index (χ3v) is 2.47. The molecule has 1 rings (SSSR count). The molecule has 0 aliphatic heterocycles. The van der Waals surface area contributed by atoms with Crippen LogP contribution in [0.15, 0.2) is 11.3 Å². The van der Waals surface area contributed by atoms with Crippen LogP contribution in [0.4, 0.5) is 11.5 Å². The molecule has 1 aromatic rings. The average Bonchev–Trinajstić information content (AvgIpc) is 2.32. The minimum absolute atomic E-state index is 0.169. The number of aliphatic hydroxyl groups is 2. The average molecular weight is 238 g/mol. The molecule has 17 heavy (non-hydrogen) atoms. The summed E-state index contributed by atoms with van der Waals surface area (Å²) in [6.07, 6.45) is -1.10. The lowest BCUT2D eigenvalue weighted by Gasteiger charge is -2.19. The van der Waals surface area contributed by atoms with Gasteiger partial charge >= 0.3 is 0 Å². The molecule has 1 aromatic heterocycles. The van der Waals surface area contributed by atoms with E-state index in [1.54, 1.807) is 6.92 Å². The maximum absolute atomic E-state index is 9.84. The van der Waals surface area contributed by atoms with Crippen molar-refractivity contribution in [3.05, 3.63) is 27.8 Å². The molecule has 0 amide bonds. The highest BCUT2D eigenvalue weighted by atomic mass is 16.3. The first-order valence-corrected chi connectivity index (χ1v) is 4.86. The van der Waals surface area contributed by atoms with E-state index < -0.39 is 12.2 Å². The monoisotopic (exact) mass is 238 g/mol. The molecule has 92 valence electrons. The van der Waals surface area contributed by atoms with E-state index in [0.29, 0.717) is 11.1 Å². The number of nitrogens with zero attached hydrogens (tertiary/aromatic N) is 4. The Hall–Kier alpha value is -2.02. The lowest BCUT2D eigenvalue weighted by molar-refractivity contribution is 0.0239. The summed E-state index contributed by atoms with van der Waals surface area (Å²) in [6, 6.07) is 0. The molecule has 0 saturated heterocycles. The molecule has 0 spiro atoms. The van der Waals surface area contributed by atoms with Crippen molar-refractivity contribution in [3.8, 4) is 0 Å². The fraction of sp³-hybridized carbons (Fsp3) is 0.444. The molecule has 0 fully saturated rings. The maximum atomic E-state index is 9.84. The number of anilines is 2. The van der Waals surface area contributed by atoms with Crippen molar-refractivity contribution in [1.29, 1.82) is 0 Å². The number of nitrogen functional groups attached to an aromatic ring is 2. The summed E-state index contributed by atoms with van der Waals surface area (Å²) in [7, 11) is 0. The van der Waals surface area contributed by atoms with Crippen molar-refractivity contribution >= 4 is 11.5 Å². The summed E-state index contributed by atoms with van der Waals surface area (Å²) in [5, 5.41) is 22.6. The van der Waals surface area contributed by atoms with E-state index in [0.717, 1.165) is 0 Å². The first-order valence-electron chi connectivity index (χ1n) is 4.86. The second-order valence-electron chi connectivity index (χ2n) is 3.56. The van der Waals surface area contributed by atoms with Gasteiger partial charge in [0, 0.05) is 16.7 Å². The molecule has 8 heteroatoms. The van der Waals surface area contributed by atoms with Gasteiger partial charge in [0.2, 0.25) is 0 Å². The van der Waals surface area contributed by atoms with Crippen molar-refractivity contribution in [2.75, 3.05) is 18.0 Å². The zero-order valence-corrected chi connectivity index (χ0v) is 9.28. The van der Waals surface area contributed by atoms with E-state index in [2.05, 4.69) is 15.0 Å². The molecule has 1 heterocycles. The van der Waals surface area contributed by atoms with Crippen LogP contribution in [0.2, 0.25) is 0 Å². The highest BCUT2D eigenvalue weighted by Gasteiger charge is 2.21. The fourth-order valence-corrected chi connectivity index (χ4v) is 1.38. The third kappa shape index (κ3) is 2.76. The summed E-state index contributed by atoms with van der Waals surface area (Å²) in [5.74, 6) is 0.169. The Balaban J connectivity index is 3.00. The van der Waals surface area contributed by atoms with E-state index in [9.17, 15) is 10.2 Å². The SMILES string of the molecule is Cc1c(C(O)C(O)CN=[N+]=[N-])cnc(N)c1N. The first kappa shape index (κ1) is 13.0. The third-order valence-electron chi connectivity index (χ3n) is 2.47. The van der Waals surface area contributed by atoms with Gasteiger partial charge in [0.1, 0.15) is 11.9 Å². The van der Waals surface area contributed by atoms with Crippen LogP contribution in [0.1, 0.15) is 17.2 Å². The molecule has 8 nitrogen and oxygen atoms in total. The number of aliphatic hydroxyl groups excluding tert-OH is 2. The van der Waals surface area contributed by atoms with Gasteiger partial charge in [0.05, 0.1) is 18.3 Å². The molecule has 0 bridgehead atoms. The van der Waals surface area contributed by atoms with Crippen LogP contribution in [0.3, 0.4) is 0 Å². The smallest absolute Gasteiger partial charge is 0.146 e. The number of nitrogens with two attached hydrogens (primary N) is 2. The highest BCUT2D eigenvalue weighted by molar-refractivity contribution is 5.64. The van der Waals surface area contributed by atoms with Gasteiger partial charge in [-0.25, -0.2) is 4.98 Å². The predicted octanol–water partition coefficient (Wildman–Crippen LogP) is 0.259. The molecule has 0 aromatic carbocycles. The normalized spacial score (nSPS) is 13.8. The molecular formula is C9H14N6O2. The van der Waals surface area contributed by atoms with Gasteiger partial charge in [0.15, 0.2) is 0 Å². The van der Waals surface area contributed by atoms with Crippen LogP contribution < -0.4 is 11.5 Å². The van der Waals surface area contributed by atoms with Crippen molar-refractivity contribution in [2.24, 2.45) is 5.11 Å². The molecule has 0 saturated carbocycles. The van der Waals surface area contributed by atoms with Crippen molar-refractivity contribution in [1.82, 2.24) is 4.98 Å². The number of hydrogen-bond acceptors (Lipinski definition) is 6. The van der Waals surface area contributed by atoms with E-state index in [-0.39, 0.29) is 18.1 Å². The topological polar surface area (TPSA) is 154 Å². The van der Waals surface area contributed by atoms with Crippen LogP contribution in [0.25, 0.3) is 10.4 Å². The van der Waals surface area contributed by atoms with Crippen LogP contribution in [-0.2, 0) is 0 Å². The largest absolute Gasteiger partial charge is 0.396 e. The lowest BCUT2D eigenvalue weighted by Crippen LogP contribution is -2.22. The van der Waals surface area contributed by atoms with Crippen LogP contribution in [-0.4, -0.2) is 27.8 Å². The van der Waals surface area contributed by atoms with E-state index in [1.807, 2.05) is 0 Å². The van der Waals surface area contributed by atoms with Crippen LogP contribution in [0.5, 0.6) is 0 Å². The van der Waals surface area contributed by atoms with Gasteiger partial charge < -0.3 is 21.7 Å². The minimum atomic E-state index is -1.23. The van der Waals surface area contributed by atoms with Crippen LogP contribution in [0, 0.1) is 6.92 Å². The highest BCUT2D eigenvalue weighted by Crippen LogP contribution is 2.27. The molecule has 0 aliphatic rings. The zero-order valence-electron chi connectivity index (χ0n) is 9.28. The summed E-state index contributed by atoms with van der Waals surface area (Å²) >= 11 is 0.